The fraction of sp³-hybridized carbons (Fsp3) is 0.312. The van der Waals surface area contributed by atoms with E-state index in [0.717, 1.165) is 24.6 Å². The third-order valence-electron chi connectivity index (χ3n) is 3.16. The van der Waals surface area contributed by atoms with Gasteiger partial charge in [-0.25, -0.2) is 0 Å². The Balaban J connectivity index is 2.20. The summed E-state index contributed by atoms with van der Waals surface area (Å²) in [5.41, 5.74) is 0.537. The maximum absolute atomic E-state index is 12.3. The van der Waals surface area contributed by atoms with E-state index in [2.05, 4.69) is 0 Å². The molecule has 1 aliphatic rings. The van der Waals surface area contributed by atoms with E-state index >= 15 is 0 Å². The second-order valence-electron chi connectivity index (χ2n) is 4.89. The van der Waals surface area contributed by atoms with Gasteiger partial charge in [-0.15, -0.1) is 0 Å². The third-order valence-corrected chi connectivity index (χ3v) is 4.07. The first-order chi connectivity index (χ1) is 11.0. The van der Waals surface area contributed by atoms with Gasteiger partial charge in [0.05, 0.1) is 10.9 Å². The molecular weight excluding hydrogens is 318 g/mol. The Bertz CT molecular complexity index is 656. The Morgan fingerprint density at radius 2 is 2.09 bits per heavy atom. The summed E-state index contributed by atoms with van der Waals surface area (Å²) in [6, 6.07) is 6.70. The van der Waals surface area contributed by atoms with E-state index in [0.29, 0.717) is 22.8 Å². The van der Waals surface area contributed by atoms with Crippen molar-refractivity contribution in [2.24, 2.45) is 0 Å². The number of aliphatic carboxylic acids is 1. The summed E-state index contributed by atoms with van der Waals surface area (Å²) in [7, 11) is 0. The summed E-state index contributed by atoms with van der Waals surface area (Å²) in [6.07, 6.45) is 3.19. The number of carboxylic acids is 1. The molecule has 0 atom stereocenters. The van der Waals surface area contributed by atoms with Crippen LogP contribution < -0.4 is 9.84 Å². The number of unbranched alkanes of at least 4 members (excludes halogenated alkanes) is 1. The van der Waals surface area contributed by atoms with E-state index in [1.165, 1.54) is 4.90 Å². The van der Waals surface area contributed by atoms with E-state index in [1.807, 2.05) is 6.92 Å². The van der Waals surface area contributed by atoms with Crippen LogP contribution in [-0.2, 0) is 9.59 Å². The number of carbonyl (C=O) groups is 3. The van der Waals surface area contributed by atoms with Crippen LogP contribution in [0.15, 0.2) is 29.2 Å². The Hall–Kier alpha value is -2.28. The highest BCUT2D eigenvalue weighted by atomic mass is 32.2. The topological polar surface area (TPSA) is 86.7 Å². The van der Waals surface area contributed by atoms with Gasteiger partial charge in [0.2, 0.25) is 0 Å². The molecule has 1 saturated heterocycles. The van der Waals surface area contributed by atoms with Gasteiger partial charge in [0.15, 0.2) is 0 Å². The Morgan fingerprint density at radius 3 is 2.78 bits per heavy atom. The SMILES string of the molecule is CCCCN1C(=O)S/C(=C\c2ccccc2OCC(=O)[O-])C1=O. The van der Waals surface area contributed by atoms with Crippen molar-refractivity contribution in [2.75, 3.05) is 13.2 Å². The number of imide groups is 1. The average molecular weight is 334 g/mol. The van der Waals surface area contributed by atoms with Gasteiger partial charge in [-0.2, -0.15) is 0 Å². The molecule has 1 heterocycles. The number of thioether (sulfide) groups is 1. The van der Waals surface area contributed by atoms with Gasteiger partial charge in [0.25, 0.3) is 11.1 Å². The molecule has 122 valence electrons. The number of benzene rings is 1. The molecule has 6 nitrogen and oxygen atoms in total. The quantitative estimate of drug-likeness (QED) is 0.705. The molecule has 1 aromatic carbocycles. The van der Waals surface area contributed by atoms with Crippen molar-refractivity contribution in [1.29, 1.82) is 0 Å². The van der Waals surface area contributed by atoms with Crippen molar-refractivity contribution in [1.82, 2.24) is 4.90 Å². The maximum atomic E-state index is 12.3. The van der Waals surface area contributed by atoms with Crippen molar-refractivity contribution in [3.05, 3.63) is 34.7 Å². The number of nitrogens with zero attached hydrogens (tertiary/aromatic N) is 1. The monoisotopic (exact) mass is 334 g/mol. The van der Waals surface area contributed by atoms with E-state index in [-0.39, 0.29) is 11.1 Å². The number of ether oxygens (including phenoxy) is 1. The van der Waals surface area contributed by atoms with E-state index in [9.17, 15) is 19.5 Å². The minimum Gasteiger partial charge on any atom is -0.546 e. The number of carbonyl (C=O) groups excluding carboxylic acids is 3. The van der Waals surface area contributed by atoms with Gasteiger partial charge in [-0.05, 0) is 30.3 Å². The molecule has 0 unspecified atom stereocenters. The highest BCUT2D eigenvalue weighted by molar-refractivity contribution is 8.18. The van der Waals surface area contributed by atoms with Crippen LogP contribution in [0.3, 0.4) is 0 Å². The number of hydrogen-bond donors (Lipinski definition) is 0. The summed E-state index contributed by atoms with van der Waals surface area (Å²) in [5.74, 6) is -1.35. The summed E-state index contributed by atoms with van der Waals surface area (Å²) in [4.78, 5) is 36.2. The molecule has 0 N–H and O–H groups in total. The van der Waals surface area contributed by atoms with Gasteiger partial charge in [-0.1, -0.05) is 31.5 Å². The number of amides is 2. The van der Waals surface area contributed by atoms with Gasteiger partial charge in [0.1, 0.15) is 12.4 Å². The van der Waals surface area contributed by atoms with Gasteiger partial charge < -0.3 is 14.6 Å². The molecule has 7 heteroatoms. The minimum absolute atomic E-state index is 0.289. The van der Waals surface area contributed by atoms with Crippen LogP contribution in [0, 0.1) is 0 Å². The molecule has 1 aromatic rings. The minimum atomic E-state index is -1.33. The largest absolute Gasteiger partial charge is 0.546 e. The first-order valence-corrected chi connectivity index (χ1v) is 8.01. The third kappa shape index (κ3) is 4.35. The van der Waals surface area contributed by atoms with Crippen molar-refractivity contribution < 1.29 is 24.2 Å². The van der Waals surface area contributed by atoms with Crippen LogP contribution in [-0.4, -0.2) is 35.2 Å². The molecule has 2 amide bonds. The Kier molecular flexibility index (Phi) is 5.81. The second kappa shape index (κ2) is 7.82. The smallest absolute Gasteiger partial charge is 0.293 e. The van der Waals surface area contributed by atoms with Crippen LogP contribution in [0.25, 0.3) is 6.08 Å². The summed E-state index contributed by atoms with van der Waals surface area (Å²) < 4.78 is 5.14. The molecule has 0 radical (unpaired) electrons. The maximum Gasteiger partial charge on any atom is 0.293 e. The van der Waals surface area contributed by atoms with Crippen molar-refractivity contribution >= 4 is 35.0 Å². The molecule has 0 aliphatic carbocycles. The predicted octanol–water partition coefficient (Wildman–Crippen LogP) is 1.65. The molecule has 23 heavy (non-hydrogen) atoms. The van der Waals surface area contributed by atoms with Crippen LogP contribution in [0.2, 0.25) is 0 Å². The number of carboxylic acid groups (broad SMARTS) is 1. The van der Waals surface area contributed by atoms with Gasteiger partial charge >= 0.3 is 0 Å². The predicted molar refractivity (Wildman–Crippen MR) is 84.5 cm³/mol. The van der Waals surface area contributed by atoms with Crippen molar-refractivity contribution in [3.63, 3.8) is 0 Å². The highest BCUT2D eigenvalue weighted by Gasteiger charge is 2.34. The zero-order valence-corrected chi connectivity index (χ0v) is 13.4. The standard InChI is InChI=1S/C16H17NO5S/c1-2-3-8-17-15(20)13(23-16(17)21)9-11-6-4-5-7-12(11)22-10-14(18)19/h4-7,9H,2-3,8,10H2,1H3,(H,18,19)/p-1/b13-9-. The molecule has 1 aliphatic heterocycles. The zero-order chi connectivity index (χ0) is 16.8. The molecule has 2 rings (SSSR count). The van der Waals surface area contributed by atoms with E-state index in [1.54, 1.807) is 30.3 Å². The molecule has 0 saturated carbocycles. The van der Waals surface area contributed by atoms with Crippen LogP contribution in [0.5, 0.6) is 5.75 Å². The molecular formula is C16H16NO5S-. The molecule has 0 aromatic heterocycles. The van der Waals surface area contributed by atoms with E-state index < -0.39 is 12.6 Å². The lowest BCUT2D eigenvalue weighted by Gasteiger charge is -2.11. The average Bonchev–Trinajstić information content (AvgIpc) is 2.78. The fourth-order valence-corrected chi connectivity index (χ4v) is 2.87. The Labute approximate surface area is 138 Å². The Morgan fingerprint density at radius 1 is 1.35 bits per heavy atom. The zero-order valence-electron chi connectivity index (χ0n) is 12.6. The summed E-state index contributed by atoms with van der Waals surface area (Å²) in [6.45, 7) is 1.81. The number of rotatable bonds is 7. The lowest BCUT2D eigenvalue weighted by molar-refractivity contribution is -0.307. The van der Waals surface area contributed by atoms with Crippen LogP contribution >= 0.6 is 11.8 Å². The summed E-state index contributed by atoms with van der Waals surface area (Å²) >= 11 is 0.874. The second-order valence-corrected chi connectivity index (χ2v) is 5.88. The first-order valence-electron chi connectivity index (χ1n) is 7.20. The van der Waals surface area contributed by atoms with Crippen molar-refractivity contribution in [3.8, 4) is 5.75 Å². The van der Waals surface area contributed by atoms with Gasteiger partial charge in [0, 0.05) is 12.1 Å². The molecule has 0 bridgehead atoms. The summed E-state index contributed by atoms with van der Waals surface area (Å²) in [5, 5.41) is 10.2. The van der Waals surface area contributed by atoms with Crippen LogP contribution in [0.4, 0.5) is 4.79 Å². The van der Waals surface area contributed by atoms with Gasteiger partial charge in [-0.3, -0.25) is 14.5 Å². The van der Waals surface area contributed by atoms with Crippen LogP contribution in [0.1, 0.15) is 25.3 Å². The molecule has 0 spiro atoms. The highest BCUT2D eigenvalue weighted by Crippen LogP contribution is 2.34. The fourth-order valence-electron chi connectivity index (χ4n) is 2.02. The normalized spacial score (nSPS) is 16.2. The molecule has 1 fully saturated rings. The lowest BCUT2D eigenvalue weighted by Crippen LogP contribution is -2.29. The van der Waals surface area contributed by atoms with E-state index in [4.69, 9.17) is 4.74 Å². The first kappa shape index (κ1) is 17.1. The van der Waals surface area contributed by atoms with Crippen molar-refractivity contribution in [2.45, 2.75) is 19.8 Å². The number of para-hydroxylation sites is 1. The lowest BCUT2D eigenvalue weighted by atomic mass is 10.2. The number of hydrogen-bond acceptors (Lipinski definition) is 6.